The van der Waals surface area contributed by atoms with Crippen LogP contribution in [0, 0.1) is 11.3 Å². The molecular formula is C15H20N2OSi. The van der Waals surface area contributed by atoms with E-state index in [1.54, 1.807) is 0 Å². The first kappa shape index (κ1) is 13.8. The zero-order chi connectivity index (χ0) is 13.9. The number of ether oxygens (including phenoxy) is 1. The van der Waals surface area contributed by atoms with Crippen LogP contribution in [0.25, 0.3) is 10.9 Å². The molecule has 1 heterocycles. The molecule has 2 rings (SSSR count). The van der Waals surface area contributed by atoms with Gasteiger partial charge in [-0.15, -0.1) is 0 Å². The second-order valence-corrected chi connectivity index (χ2v) is 11.7. The summed E-state index contributed by atoms with van der Waals surface area (Å²) in [6.07, 6.45) is 0. The van der Waals surface area contributed by atoms with E-state index in [9.17, 15) is 0 Å². The molecule has 0 atom stereocenters. The maximum absolute atomic E-state index is 8.87. The van der Waals surface area contributed by atoms with Crippen LogP contribution in [-0.2, 0) is 11.3 Å². The van der Waals surface area contributed by atoms with Crippen molar-refractivity contribution in [2.45, 2.75) is 32.3 Å². The smallest absolute Gasteiger partial charge is 0.0992 e. The van der Waals surface area contributed by atoms with E-state index in [2.05, 4.69) is 36.8 Å². The van der Waals surface area contributed by atoms with Crippen molar-refractivity contribution >= 4 is 19.0 Å². The highest BCUT2D eigenvalue weighted by molar-refractivity contribution is 6.76. The average molecular weight is 272 g/mol. The van der Waals surface area contributed by atoms with Gasteiger partial charge in [0.15, 0.2) is 0 Å². The highest BCUT2D eigenvalue weighted by atomic mass is 28.3. The molecule has 100 valence electrons. The quantitative estimate of drug-likeness (QED) is 0.663. The van der Waals surface area contributed by atoms with Gasteiger partial charge in [0, 0.05) is 25.9 Å². The molecule has 0 saturated heterocycles. The fourth-order valence-electron chi connectivity index (χ4n) is 1.89. The van der Waals surface area contributed by atoms with Gasteiger partial charge in [0.2, 0.25) is 0 Å². The molecule has 2 aromatic rings. The fourth-order valence-corrected chi connectivity index (χ4v) is 2.65. The molecule has 0 saturated carbocycles. The number of nitrogens with zero attached hydrogens (tertiary/aromatic N) is 1. The van der Waals surface area contributed by atoms with E-state index in [0.717, 1.165) is 23.2 Å². The van der Waals surface area contributed by atoms with Crippen LogP contribution < -0.4 is 0 Å². The number of hydrogen-bond acceptors (Lipinski definition) is 2. The Morgan fingerprint density at radius 3 is 2.74 bits per heavy atom. The molecule has 1 aromatic carbocycles. The Kier molecular flexibility index (Phi) is 4.08. The van der Waals surface area contributed by atoms with E-state index in [1.165, 1.54) is 6.04 Å². The second-order valence-electron chi connectivity index (χ2n) is 6.07. The van der Waals surface area contributed by atoms with Crippen LogP contribution in [0.3, 0.4) is 0 Å². The van der Waals surface area contributed by atoms with Crippen molar-refractivity contribution in [1.82, 2.24) is 4.98 Å². The Bertz CT molecular complexity index is 605. The van der Waals surface area contributed by atoms with Gasteiger partial charge < -0.3 is 9.72 Å². The third kappa shape index (κ3) is 3.95. The summed E-state index contributed by atoms with van der Waals surface area (Å²) >= 11 is 0. The first-order valence-corrected chi connectivity index (χ1v) is 10.3. The predicted molar refractivity (Wildman–Crippen MR) is 80.8 cm³/mol. The normalized spacial score (nSPS) is 11.7. The van der Waals surface area contributed by atoms with Gasteiger partial charge in [0.05, 0.1) is 18.2 Å². The van der Waals surface area contributed by atoms with E-state index < -0.39 is 8.07 Å². The second kappa shape index (κ2) is 5.60. The summed E-state index contributed by atoms with van der Waals surface area (Å²) in [5.74, 6) is 0. The number of nitriles is 1. The standard InChI is InChI=1S/C15H20N2OSi/c1-19(2,3)7-6-18-11-14-9-13-5-4-12(10-16)8-15(13)17-14/h4-5,8-9,17H,6-7,11H2,1-3H3. The molecule has 1 aromatic heterocycles. The third-order valence-corrected chi connectivity index (χ3v) is 4.77. The lowest BCUT2D eigenvalue weighted by molar-refractivity contribution is 0.131. The van der Waals surface area contributed by atoms with Crippen molar-refractivity contribution in [3.05, 3.63) is 35.5 Å². The number of benzene rings is 1. The molecule has 0 aliphatic carbocycles. The van der Waals surface area contributed by atoms with Crippen LogP contribution in [0.15, 0.2) is 24.3 Å². The first-order chi connectivity index (χ1) is 8.98. The average Bonchev–Trinajstić information content (AvgIpc) is 2.75. The Morgan fingerprint density at radius 1 is 1.26 bits per heavy atom. The number of hydrogen-bond donors (Lipinski definition) is 1. The maximum Gasteiger partial charge on any atom is 0.0992 e. The SMILES string of the molecule is C[Si](C)(C)CCOCc1cc2ccc(C#N)cc2[nH]1. The van der Waals surface area contributed by atoms with Gasteiger partial charge in [-0.25, -0.2) is 0 Å². The van der Waals surface area contributed by atoms with Gasteiger partial charge in [0.1, 0.15) is 0 Å². The Morgan fingerprint density at radius 2 is 2.05 bits per heavy atom. The van der Waals surface area contributed by atoms with E-state index in [0.29, 0.717) is 12.2 Å². The maximum atomic E-state index is 8.87. The lowest BCUT2D eigenvalue weighted by Gasteiger charge is -2.14. The minimum Gasteiger partial charge on any atom is -0.376 e. The molecule has 0 aliphatic rings. The third-order valence-electron chi connectivity index (χ3n) is 3.06. The predicted octanol–water partition coefficient (Wildman–Crippen LogP) is 3.89. The largest absolute Gasteiger partial charge is 0.376 e. The number of aromatic amines is 1. The van der Waals surface area contributed by atoms with Gasteiger partial charge in [0.25, 0.3) is 0 Å². The molecule has 3 nitrogen and oxygen atoms in total. The zero-order valence-corrected chi connectivity index (χ0v) is 12.8. The van der Waals surface area contributed by atoms with Crippen LogP contribution in [0.2, 0.25) is 25.7 Å². The first-order valence-electron chi connectivity index (χ1n) is 6.57. The monoisotopic (exact) mass is 272 g/mol. The highest BCUT2D eigenvalue weighted by Gasteiger charge is 2.12. The molecular weight excluding hydrogens is 252 g/mol. The van der Waals surface area contributed by atoms with Crippen molar-refractivity contribution in [1.29, 1.82) is 5.26 Å². The summed E-state index contributed by atoms with van der Waals surface area (Å²) in [4.78, 5) is 3.30. The molecule has 0 fully saturated rings. The van der Waals surface area contributed by atoms with Crippen molar-refractivity contribution < 1.29 is 4.74 Å². The van der Waals surface area contributed by atoms with Crippen LogP contribution in [0.4, 0.5) is 0 Å². The van der Waals surface area contributed by atoms with Crippen molar-refractivity contribution in [3.63, 3.8) is 0 Å². The van der Waals surface area contributed by atoms with Crippen molar-refractivity contribution in [3.8, 4) is 6.07 Å². The Labute approximate surface area is 115 Å². The molecule has 0 bridgehead atoms. The molecule has 0 radical (unpaired) electrons. The lowest BCUT2D eigenvalue weighted by Crippen LogP contribution is -2.21. The topological polar surface area (TPSA) is 48.8 Å². The van der Waals surface area contributed by atoms with E-state index in [1.807, 2.05) is 18.2 Å². The molecule has 0 aliphatic heterocycles. The van der Waals surface area contributed by atoms with Gasteiger partial charge in [-0.1, -0.05) is 25.7 Å². The molecule has 0 amide bonds. The fraction of sp³-hybridized carbons (Fsp3) is 0.400. The molecule has 1 N–H and O–H groups in total. The number of aromatic nitrogens is 1. The van der Waals surface area contributed by atoms with Gasteiger partial charge in [-0.3, -0.25) is 0 Å². The van der Waals surface area contributed by atoms with Crippen LogP contribution in [0.1, 0.15) is 11.3 Å². The van der Waals surface area contributed by atoms with E-state index >= 15 is 0 Å². The van der Waals surface area contributed by atoms with Crippen molar-refractivity contribution in [2.24, 2.45) is 0 Å². The van der Waals surface area contributed by atoms with Crippen LogP contribution in [0.5, 0.6) is 0 Å². The minimum atomic E-state index is -1.01. The summed E-state index contributed by atoms with van der Waals surface area (Å²) in [5, 5.41) is 10.00. The van der Waals surface area contributed by atoms with Crippen molar-refractivity contribution in [2.75, 3.05) is 6.61 Å². The lowest BCUT2D eigenvalue weighted by atomic mass is 10.2. The summed E-state index contributed by atoms with van der Waals surface area (Å²) in [6.45, 7) is 8.49. The number of nitrogens with one attached hydrogen (secondary N) is 1. The molecule has 0 unspecified atom stereocenters. The molecule has 19 heavy (non-hydrogen) atoms. The Hall–Kier alpha value is -1.57. The summed E-state index contributed by atoms with van der Waals surface area (Å²) in [7, 11) is -1.01. The Balaban J connectivity index is 1.96. The number of rotatable bonds is 5. The van der Waals surface area contributed by atoms with Gasteiger partial charge in [-0.2, -0.15) is 5.26 Å². The molecule has 4 heteroatoms. The van der Waals surface area contributed by atoms with E-state index in [4.69, 9.17) is 10.00 Å². The highest BCUT2D eigenvalue weighted by Crippen LogP contribution is 2.17. The summed E-state index contributed by atoms with van der Waals surface area (Å²) in [6, 6.07) is 11.1. The van der Waals surface area contributed by atoms with E-state index in [-0.39, 0.29) is 0 Å². The number of H-pyrrole nitrogens is 1. The van der Waals surface area contributed by atoms with Crippen LogP contribution in [-0.4, -0.2) is 19.7 Å². The zero-order valence-electron chi connectivity index (χ0n) is 11.8. The molecule has 0 spiro atoms. The van der Waals surface area contributed by atoms with Gasteiger partial charge >= 0.3 is 0 Å². The summed E-state index contributed by atoms with van der Waals surface area (Å²) < 4.78 is 5.72. The van der Waals surface area contributed by atoms with Gasteiger partial charge in [-0.05, 0) is 29.6 Å². The van der Waals surface area contributed by atoms with Crippen LogP contribution >= 0.6 is 0 Å². The minimum absolute atomic E-state index is 0.612. The number of fused-ring (bicyclic) bond motifs is 1. The summed E-state index contributed by atoms with van der Waals surface area (Å²) in [5.41, 5.74) is 2.75.